The highest BCUT2D eigenvalue weighted by Crippen LogP contribution is 2.23. The van der Waals surface area contributed by atoms with Crippen LogP contribution in [0, 0.1) is 6.33 Å². The molecule has 2 aromatic heterocycles. The molecule has 1 aliphatic rings. The fourth-order valence-electron chi connectivity index (χ4n) is 1.59. The summed E-state index contributed by atoms with van der Waals surface area (Å²) in [7, 11) is 0. The summed E-state index contributed by atoms with van der Waals surface area (Å²) in [5.41, 5.74) is 2.07. The third-order valence-electron chi connectivity index (χ3n) is 2.43. The number of aromatic nitrogens is 3. The van der Waals surface area contributed by atoms with E-state index in [2.05, 4.69) is 27.4 Å². The summed E-state index contributed by atoms with van der Waals surface area (Å²) in [6, 6.07) is 4.07. The van der Waals surface area contributed by atoms with Crippen molar-refractivity contribution in [2.45, 2.75) is 6.42 Å². The molecule has 4 nitrogen and oxygen atoms in total. The zero-order chi connectivity index (χ0) is 8.67. The third-order valence-corrected chi connectivity index (χ3v) is 2.43. The summed E-state index contributed by atoms with van der Waals surface area (Å²) >= 11 is 0. The van der Waals surface area contributed by atoms with E-state index in [4.69, 9.17) is 0 Å². The summed E-state index contributed by atoms with van der Waals surface area (Å²) < 4.78 is 1.76. The monoisotopic (exact) mass is 173 g/mol. The number of hydrogen-bond acceptors (Lipinski definition) is 3. The molecule has 65 valence electrons. The summed E-state index contributed by atoms with van der Waals surface area (Å²) in [6.07, 6.45) is 5.79. The first-order valence-electron chi connectivity index (χ1n) is 4.41. The molecule has 2 aromatic rings. The Kier molecular flexibility index (Phi) is 1.30. The maximum atomic E-state index is 4.11. The maximum Gasteiger partial charge on any atom is 0.221 e. The molecule has 4 heteroatoms. The molecule has 0 bridgehead atoms. The number of pyridine rings is 1. The first kappa shape index (κ1) is 6.88. The lowest BCUT2D eigenvalue weighted by molar-refractivity contribution is 0.618. The van der Waals surface area contributed by atoms with Crippen LogP contribution in [0.2, 0.25) is 0 Å². The molecule has 13 heavy (non-hydrogen) atoms. The van der Waals surface area contributed by atoms with Crippen molar-refractivity contribution in [2.24, 2.45) is 0 Å². The normalized spacial score (nSPS) is 16.2. The Bertz CT molecular complexity index is 430. The van der Waals surface area contributed by atoms with Gasteiger partial charge in [0.1, 0.15) is 0 Å². The molecule has 0 spiro atoms. The average Bonchev–Trinajstić information content (AvgIpc) is 2.49. The van der Waals surface area contributed by atoms with Crippen LogP contribution >= 0.6 is 0 Å². The van der Waals surface area contributed by atoms with Crippen LogP contribution in [0.3, 0.4) is 0 Å². The Balaban J connectivity index is 2.20. The first-order valence-corrected chi connectivity index (χ1v) is 4.41. The zero-order valence-corrected chi connectivity index (χ0v) is 7.14. The minimum absolute atomic E-state index is 0.905. The molecule has 1 fully saturated rings. The lowest BCUT2D eigenvalue weighted by Crippen LogP contribution is -2.37. The van der Waals surface area contributed by atoms with Gasteiger partial charge in [-0.3, -0.25) is 0 Å². The van der Waals surface area contributed by atoms with Crippen molar-refractivity contribution < 1.29 is 0 Å². The lowest BCUT2D eigenvalue weighted by Gasteiger charge is -2.32. The molecular formula is C9H9N4. The third kappa shape index (κ3) is 0.915. The van der Waals surface area contributed by atoms with Crippen LogP contribution in [-0.2, 0) is 0 Å². The van der Waals surface area contributed by atoms with Gasteiger partial charge in [-0.05, 0) is 18.6 Å². The fourth-order valence-corrected chi connectivity index (χ4v) is 1.59. The molecule has 0 N–H and O–H groups in total. The van der Waals surface area contributed by atoms with Gasteiger partial charge in [-0.2, -0.15) is 0 Å². The Morgan fingerprint density at radius 1 is 1.38 bits per heavy atom. The molecule has 1 saturated heterocycles. The van der Waals surface area contributed by atoms with Gasteiger partial charge in [0, 0.05) is 19.3 Å². The van der Waals surface area contributed by atoms with Crippen LogP contribution in [0.5, 0.6) is 0 Å². The Morgan fingerprint density at radius 2 is 2.31 bits per heavy atom. The molecule has 1 aliphatic heterocycles. The van der Waals surface area contributed by atoms with E-state index in [9.17, 15) is 0 Å². The molecule has 0 aromatic carbocycles. The van der Waals surface area contributed by atoms with E-state index in [1.165, 1.54) is 12.1 Å². The quantitative estimate of drug-likeness (QED) is 0.637. The topological polar surface area (TPSA) is 33.4 Å². The molecule has 0 aliphatic carbocycles. The van der Waals surface area contributed by atoms with E-state index >= 15 is 0 Å². The highest BCUT2D eigenvalue weighted by atomic mass is 15.3. The molecule has 1 radical (unpaired) electrons. The highest BCUT2D eigenvalue weighted by molar-refractivity contribution is 5.68. The predicted octanol–water partition coefficient (Wildman–Crippen LogP) is 0.740. The van der Waals surface area contributed by atoms with Crippen molar-refractivity contribution in [1.82, 2.24) is 14.6 Å². The molecular weight excluding hydrogens is 164 g/mol. The van der Waals surface area contributed by atoms with Crippen LogP contribution in [-0.4, -0.2) is 27.7 Å². The Morgan fingerprint density at radius 3 is 3.08 bits per heavy atom. The zero-order valence-electron chi connectivity index (χ0n) is 7.14. The van der Waals surface area contributed by atoms with Gasteiger partial charge in [-0.25, -0.2) is 9.50 Å². The SMILES string of the molecule is [c]1nc2c(N3CCC3)cccn2n1. The van der Waals surface area contributed by atoms with Gasteiger partial charge < -0.3 is 4.90 Å². The van der Waals surface area contributed by atoms with Crippen LogP contribution in [0.25, 0.3) is 5.65 Å². The number of anilines is 1. The van der Waals surface area contributed by atoms with Crippen molar-refractivity contribution >= 4 is 11.3 Å². The standard InChI is InChI=1S/C9H9N4/c1-3-8(12-4-2-5-12)9-10-7-11-13(9)6-1/h1,3,6H,2,4-5H2. The van der Waals surface area contributed by atoms with Gasteiger partial charge in [0.05, 0.1) is 5.69 Å². The number of hydrogen-bond donors (Lipinski definition) is 0. The van der Waals surface area contributed by atoms with Gasteiger partial charge in [-0.15, -0.1) is 5.10 Å². The Hall–Kier alpha value is -1.58. The fraction of sp³-hybridized carbons (Fsp3) is 0.333. The molecule has 0 saturated carbocycles. The van der Waals surface area contributed by atoms with Gasteiger partial charge in [0.25, 0.3) is 0 Å². The van der Waals surface area contributed by atoms with Crippen LogP contribution in [0.15, 0.2) is 18.3 Å². The second-order valence-electron chi connectivity index (χ2n) is 3.21. The van der Waals surface area contributed by atoms with E-state index in [-0.39, 0.29) is 0 Å². The minimum Gasteiger partial charge on any atom is -0.368 e. The van der Waals surface area contributed by atoms with Gasteiger partial charge in [-0.1, -0.05) is 0 Å². The molecule has 3 rings (SSSR count). The largest absolute Gasteiger partial charge is 0.368 e. The molecule has 3 heterocycles. The van der Waals surface area contributed by atoms with Crippen molar-refractivity contribution in [3.05, 3.63) is 24.7 Å². The van der Waals surface area contributed by atoms with Crippen LogP contribution < -0.4 is 4.90 Å². The van der Waals surface area contributed by atoms with Crippen LogP contribution in [0.4, 0.5) is 5.69 Å². The van der Waals surface area contributed by atoms with Gasteiger partial charge in [0.15, 0.2) is 5.65 Å². The van der Waals surface area contributed by atoms with E-state index in [1.54, 1.807) is 4.52 Å². The van der Waals surface area contributed by atoms with E-state index in [1.807, 2.05) is 12.3 Å². The van der Waals surface area contributed by atoms with Crippen molar-refractivity contribution in [3.63, 3.8) is 0 Å². The highest BCUT2D eigenvalue weighted by Gasteiger charge is 2.17. The second-order valence-corrected chi connectivity index (χ2v) is 3.21. The summed E-state index contributed by atoms with van der Waals surface area (Å²) in [5, 5.41) is 3.97. The van der Waals surface area contributed by atoms with Crippen molar-refractivity contribution in [1.29, 1.82) is 0 Å². The van der Waals surface area contributed by atoms with Gasteiger partial charge >= 0.3 is 0 Å². The van der Waals surface area contributed by atoms with Crippen molar-refractivity contribution in [3.8, 4) is 0 Å². The summed E-state index contributed by atoms with van der Waals surface area (Å²) in [4.78, 5) is 6.41. The predicted molar refractivity (Wildman–Crippen MR) is 48.7 cm³/mol. The summed E-state index contributed by atoms with van der Waals surface area (Å²) in [5.74, 6) is 0. The lowest BCUT2D eigenvalue weighted by atomic mass is 10.2. The Labute approximate surface area is 75.8 Å². The van der Waals surface area contributed by atoms with E-state index < -0.39 is 0 Å². The van der Waals surface area contributed by atoms with Crippen molar-refractivity contribution in [2.75, 3.05) is 18.0 Å². The summed E-state index contributed by atoms with van der Waals surface area (Å²) in [6.45, 7) is 2.26. The average molecular weight is 173 g/mol. The first-order chi connectivity index (χ1) is 6.45. The maximum absolute atomic E-state index is 4.11. The smallest absolute Gasteiger partial charge is 0.221 e. The number of fused-ring (bicyclic) bond motifs is 1. The second kappa shape index (κ2) is 2.45. The van der Waals surface area contributed by atoms with Crippen LogP contribution in [0.1, 0.15) is 6.42 Å². The number of rotatable bonds is 1. The van der Waals surface area contributed by atoms with E-state index in [0.717, 1.165) is 18.7 Å². The van der Waals surface area contributed by atoms with Gasteiger partial charge in [0.2, 0.25) is 6.33 Å². The number of nitrogens with zero attached hydrogens (tertiary/aromatic N) is 4. The molecule has 0 unspecified atom stereocenters. The molecule has 0 amide bonds. The molecule has 0 atom stereocenters. The minimum atomic E-state index is 0.905. The van der Waals surface area contributed by atoms with E-state index in [0.29, 0.717) is 0 Å².